The third kappa shape index (κ3) is 1.85. The van der Waals surface area contributed by atoms with Crippen LogP contribution in [0.3, 0.4) is 0 Å². The van der Waals surface area contributed by atoms with E-state index in [-0.39, 0.29) is 21.7 Å². The lowest BCUT2D eigenvalue weighted by molar-refractivity contribution is 0.397. The molecular formula is C6H5BrClNO. The van der Waals surface area contributed by atoms with E-state index < -0.39 is 12.9 Å². The van der Waals surface area contributed by atoms with Crippen molar-refractivity contribution in [3.63, 3.8) is 0 Å². The molecule has 0 N–H and O–H groups in total. The van der Waals surface area contributed by atoms with Gasteiger partial charge in [0, 0.05) is 10.5 Å². The highest BCUT2D eigenvalue weighted by atomic mass is 79.9. The molecule has 1 rings (SSSR count). The minimum Gasteiger partial charge on any atom is -0.481 e. The lowest BCUT2D eigenvalue weighted by Gasteiger charge is -1.98. The second kappa shape index (κ2) is 3.21. The van der Waals surface area contributed by atoms with Crippen LogP contribution in [-0.2, 0) is 0 Å². The number of methoxy groups -OCH3 is 1. The zero-order valence-corrected chi connectivity index (χ0v) is 6.95. The zero-order chi connectivity index (χ0) is 11.8. The Morgan fingerprint density at radius 2 is 2.70 bits per heavy atom. The average Bonchev–Trinajstić information content (AvgIpc) is 2.08. The molecule has 0 amide bonds. The molecule has 0 aliphatic heterocycles. The smallest absolute Gasteiger partial charge is 0.215 e. The summed E-state index contributed by atoms with van der Waals surface area (Å²) in [7, 11) is -2.70. The molecule has 0 saturated heterocycles. The third-order valence-corrected chi connectivity index (χ3v) is 1.30. The minimum absolute atomic E-state index is 0.0433. The maximum atomic E-state index is 7.45. The van der Waals surface area contributed by atoms with Crippen LogP contribution in [0.25, 0.3) is 0 Å². The highest BCUT2D eigenvalue weighted by Gasteiger charge is 1.96. The van der Waals surface area contributed by atoms with E-state index in [0.717, 1.165) is 0 Å². The van der Waals surface area contributed by atoms with Crippen LogP contribution < -0.4 is 4.74 Å². The van der Waals surface area contributed by atoms with Gasteiger partial charge in [-0.25, -0.2) is 4.98 Å². The molecule has 0 bridgehead atoms. The Kier molecular flexibility index (Phi) is 1.10. The van der Waals surface area contributed by atoms with Gasteiger partial charge in [-0.3, -0.25) is 0 Å². The van der Waals surface area contributed by atoms with Gasteiger partial charge in [0.25, 0.3) is 0 Å². The molecule has 1 heterocycles. The highest BCUT2D eigenvalue weighted by molar-refractivity contribution is 9.10. The van der Waals surface area contributed by atoms with Crippen LogP contribution in [0.4, 0.5) is 0 Å². The van der Waals surface area contributed by atoms with Crippen LogP contribution in [0.1, 0.15) is 6.85 Å². The summed E-state index contributed by atoms with van der Waals surface area (Å²) >= 11 is 8.47. The molecule has 0 radical (unpaired) electrons. The van der Waals surface area contributed by atoms with Crippen molar-refractivity contribution in [1.82, 2.24) is 4.98 Å². The van der Waals surface area contributed by atoms with Gasteiger partial charge in [0.15, 0.2) is 0 Å². The standard InChI is InChI=1S/C6H5BrClNO/c1-10-6-3-4(7)2-5(8)9-6/h2-3H,1H3/i1D3,2D,3D. The van der Waals surface area contributed by atoms with E-state index in [0.29, 0.717) is 0 Å². The van der Waals surface area contributed by atoms with Crippen LogP contribution in [0.15, 0.2) is 16.6 Å². The first-order chi connectivity index (χ1) is 6.72. The van der Waals surface area contributed by atoms with Crippen LogP contribution in [-0.4, -0.2) is 12.0 Å². The van der Waals surface area contributed by atoms with E-state index in [4.69, 9.17) is 18.5 Å². The molecule has 2 nitrogen and oxygen atoms in total. The van der Waals surface area contributed by atoms with Crippen molar-refractivity contribution in [2.75, 3.05) is 7.04 Å². The first-order valence-electron chi connectivity index (χ1n) is 4.73. The van der Waals surface area contributed by atoms with E-state index in [1.807, 2.05) is 0 Å². The van der Waals surface area contributed by atoms with E-state index in [1.54, 1.807) is 0 Å². The molecule has 0 aliphatic rings. The molecule has 0 atom stereocenters. The van der Waals surface area contributed by atoms with Crippen molar-refractivity contribution in [1.29, 1.82) is 0 Å². The van der Waals surface area contributed by atoms with E-state index in [9.17, 15) is 0 Å². The number of halogens is 2. The molecule has 0 unspecified atom stereocenters. The summed E-state index contributed by atoms with van der Waals surface area (Å²) in [6.07, 6.45) is 0. The van der Waals surface area contributed by atoms with E-state index >= 15 is 0 Å². The summed E-state index contributed by atoms with van der Waals surface area (Å²) in [6.45, 7) is 0. The normalized spacial score (nSPS) is 18.0. The second-order valence-corrected chi connectivity index (χ2v) is 2.52. The van der Waals surface area contributed by atoms with Crippen LogP contribution >= 0.6 is 27.5 Å². The number of pyridine rings is 1. The average molecular weight is 227 g/mol. The maximum absolute atomic E-state index is 7.45. The van der Waals surface area contributed by atoms with Gasteiger partial charge in [0.1, 0.15) is 5.15 Å². The molecule has 4 heteroatoms. The molecule has 0 aliphatic carbocycles. The summed E-state index contributed by atoms with van der Waals surface area (Å²) in [6, 6.07) is -0.500. The Hall–Kier alpha value is -0.280. The quantitative estimate of drug-likeness (QED) is 0.688. The Morgan fingerprint density at radius 1 is 1.90 bits per heavy atom. The molecule has 0 aromatic carbocycles. The monoisotopic (exact) mass is 226 g/mol. The molecular weight excluding hydrogens is 217 g/mol. The number of aromatic nitrogens is 1. The number of nitrogens with zero attached hydrogens (tertiary/aromatic N) is 1. The molecule has 1 aromatic heterocycles. The molecule has 0 saturated carbocycles. The largest absolute Gasteiger partial charge is 0.481 e. The molecule has 0 fully saturated rings. The predicted molar refractivity (Wildman–Crippen MR) is 43.5 cm³/mol. The van der Waals surface area contributed by atoms with Crippen molar-refractivity contribution >= 4 is 27.5 Å². The molecule has 1 aromatic rings. The van der Waals surface area contributed by atoms with Crippen molar-refractivity contribution in [3.8, 4) is 5.88 Å². The van der Waals surface area contributed by atoms with Crippen LogP contribution in [0, 0.1) is 0 Å². The number of rotatable bonds is 1. The topological polar surface area (TPSA) is 22.1 Å². The number of hydrogen-bond acceptors (Lipinski definition) is 2. The van der Waals surface area contributed by atoms with Gasteiger partial charge < -0.3 is 4.74 Å². The Morgan fingerprint density at radius 3 is 3.40 bits per heavy atom. The van der Waals surface area contributed by atoms with Gasteiger partial charge in [0.05, 0.1) is 13.9 Å². The number of ether oxygens (including phenoxy) is 1. The lowest BCUT2D eigenvalue weighted by atomic mass is 10.5. The first kappa shape index (κ1) is 3.41. The summed E-state index contributed by atoms with van der Waals surface area (Å²) in [5.41, 5.74) is 0. The van der Waals surface area contributed by atoms with Gasteiger partial charge in [0.2, 0.25) is 5.88 Å². The van der Waals surface area contributed by atoms with Crippen molar-refractivity contribution in [2.45, 2.75) is 0 Å². The summed E-state index contributed by atoms with van der Waals surface area (Å²) < 4.78 is 39.8. The van der Waals surface area contributed by atoms with Gasteiger partial charge in [-0.15, -0.1) is 0 Å². The minimum atomic E-state index is -2.70. The fourth-order valence-electron chi connectivity index (χ4n) is 0.409. The summed E-state index contributed by atoms with van der Waals surface area (Å²) in [4.78, 5) is 3.50. The Labute approximate surface area is 79.3 Å². The summed E-state index contributed by atoms with van der Waals surface area (Å²) in [5, 5.41) is -0.225. The van der Waals surface area contributed by atoms with Gasteiger partial charge >= 0.3 is 0 Å². The first-order valence-corrected chi connectivity index (χ1v) is 3.40. The van der Waals surface area contributed by atoms with Gasteiger partial charge in [-0.1, -0.05) is 27.5 Å². The predicted octanol–water partition coefficient (Wildman–Crippen LogP) is 2.51. The van der Waals surface area contributed by atoms with Crippen molar-refractivity contribution < 1.29 is 11.6 Å². The molecule has 0 spiro atoms. The Balaban J connectivity index is 3.21. The Bertz CT molecular complexity index is 396. The third-order valence-electron chi connectivity index (χ3n) is 0.726. The SMILES string of the molecule is [2H]c1c(Cl)nc(OC([2H])([2H])[2H])c([2H])c1Br. The molecule has 10 heavy (non-hydrogen) atoms. The molecule has 54 valence electrons. The fraction of sp³-hybridized carbons (Fsp3) is 0.167. The van der Waals surface area contributed by atoms with Crippen LogP contribution in [0.2, 0.25) is 5.15 Å². The highest BCUT2D eigenvalue weighted by Crippen LogP contribution is 2.19. The number of hydrogen-bond donors (Lipinski definition) is 0. The summed E-state index contributed by atoms with van der Waals surface area (Å²) in [5.74, 6) is -0.428. The van der Waals surface area contributed by atoms with E-state index in [1.165, 1.54) is 0 Å². The lowest BCUT2D eigenvalue weighted by Crippen LogP contribution is -1.86. The fourth-order valence-corrected chi connectivity index (χ4v) is 1.05. The van der Waals surface area contributed by atoms with Crippen molar-refractivity contribution in [3.05, 3.63) is 21.7 Å². The van der Waals surface area contributed by atoms with Crippen molar-refractivity contribution in [2.24, 2.45) is 0 Å². The zero-order valence-electron chi connectivity index (χ0n) is 9.61. The van der Waals surface area contributed by atoms with Gasteiger partial charge in [-0.05, 0) is 6.04 Å². The second-order valence-electron chi connectivity index (χ2n) is 1.37. The van der Waals surface area contributed by atoms with Crippen LogP contribution in [0.5, 0.6) is 5.88 Å². The van der Waals surface area contributed by atoms with Gasteiger partial charge in [-0.2, -0.15) is 0 Å². The van der Waals surface area contributed by atoms with E-state index in [2.05, 4.69) is 25.7 Å². The maximum Gasteiger partial charge on any atom is 0.215 e.